The van der Waals surface area contributed by atoms with Crippen molar-refractivity contribution in [3.8, 4) is 0 Å². The molecular formula is C20H19BrCl2N2O3. The molecule has 1 aliphatic rings. The molecule has 0 radical (unpaired) electrons. The Balaban J connectivity index is 1.91. The van der Waals surface area contributed by atoms with Crippen LogP contribution >= 0.6 is 39.1 Å². The highest BCUT2D eigenvalue weighted by molar-refractivity contribution is 9.10. The van der Waals surface area contributed by atoms with E-state index in [0.29, 0.717) is 28.6 Å². The largest absolute Gasteiger partial charge is 0.465 e. The molecule has 0 bridgehead atoms. The van der Waals surface area contributed by atoms with E-state index in [0.717, 1.165) is 10.0 Å². The highest BCUT2D eigenvalue weighted by atomic mass is 79.9. The van der Waals surface area contributed by atoms with Crippen LogP contribution in [0.4, 0.5) is 4.79 Å². The van der Waals surface area contributed by atoms with E-state index in [1.165, 1.54) is 4.90 Å². The predicted molar refractivity (Wildman–Crippen MR) is 113 cm³/mol. The molecule has 28 heavy (non-hydrogen) atoms. The van der Waals surface area contributed by atoms with Crippen LogP contribution in [0.1, 0.15) is 28.3 Å². The Morgan fingerprint density at radius 3 is 2.43 bits per heavy atom. The van der Waals surface area contributed by atoms with Crippen molar-refractivity contribution in [3.63, 3.8) is 0 Å². The van der Waals surface area contributed by atoms with Gasteiger partial charge in [0.2, 0.25) is 0 Å². The first-order chi connectivity index (χ1) is 13.3. The predicted octanol–water partition coefficient (Wildman–Crippen LogP) is 5.36. The molecule has 2 unspecified atom stereocenters. The number of amides is 2. The van der Waals surface area contributed by atoms with E-state index in [2.05, 4.69) is 15.9 Å². The van der Waals surface area contributed by atoms with Crippen LogP contribution in [0.5, 0.6) is 0 Å². The van der Waals surface area contributed by atoms with Crippen LogP contribution in [-0.4, -0.2) is 53.1 Å². The van der Waals surface area contributed by atoms with E-state index in [-0.39, 0.29) is 24.4 Å². The van der Waals surface area contributed by atoms with Gasteiger partial charge in [-0.05, 0) is 48.4 Å². The Hall–Kier alpha value is -1.76. The quantitative estimate of drug-likeness (QED) is 0.636. The molecule has 0 spiro atoms. The van der Waals surface area contributed by atoms with E-state index < -0.39 is 6.09 Å². The summed E-state index contributed by atoms with van der Waals surface area (Å²) in [5.74, 6) is -0.310. The van der Waals surface area contributed by atoms with Crippen molar-refractivity contribution in [2.75, 3.05) is 20.1 Å². The van der Waals surface area contributed by atoms with Gasteiger partial charge >= 0.3 is 6.09 Å². The zero-order chi connectivity index (χ0) is 20.4. The number of carbonyl (C=O) groups is 2. The number of nitrogens with zero attached hydrogens (tertiary/aromatic N) is 2. The van der Waals surface area contributed by atoms with Crippen LogP contribution in [0.2, 0.25) is 10.0 Å². The second-order valence-corrected chi connectivity index (χ2v) is 8.52. The van der Waals surface area contributed by atoms with Crippen LogP contribution in [0.15, 0.2) is 46.9 Å². The van der Waals surface area contributed by atoms with Crippen LogP contribution < -0.4 is 0 Å². The van der Waals surface area contributed by atoms with E-state index in [1.807, 2.05) is 18.2 Å². The first-order valence-corrected chi connectivity index (χ1v) is 10.3. The number of hydrogen-bond donors (Lipinski definition) is 1. The smallest absolute Gasteiger partial charge is 0.407 e. The Morgan fingerprint density at radius 2 is 1.82 bits per heavy atom. The van der Waals surface area contributed by atoms with Gasteiger partial charge in [-0.2, -0.15) is 0 Å². The number of hydrogen-bond acceptors (Lipinski definition) is 2. The lowest BCUT2D eigenvalue weighted by Crippen LogP contribution is -2.51. The van der Waals surface area contributed by atoms with Crippen molar-refractivity contribution in [1.29, 1.82) is 0 Å². The van der Waals surface area contributed by atoms with Gasteiger partial charge in [0.15, 0.2) is 0 Å². The maximum atomic E-state index is 13.0. The minimum absolute atomic E-state index is 0.105. The molecular weight excluding hydrogens is 467 g/mol. The summed E-state index contributed by atoms with van der Waals surface area (Å²) >= 11 is 15.6. The number of likely N-dealkylation sites (tertiary alicyclic amines) is 1. The number of carbonyl (C=O) groups excluding carboxylic acids is 1. The SMILES string of the molecule is CN(C(=O)c1ccc(Br)cc1)C1CCN(C(=O)O)CC1c1ccc(Cl)c(Cl)c1. The molecule has 2 aromatic rings. The van der Waals surface area contributed by atoms with Gasteiger partial charge in [0.1, 0.15) is 0 Å². The fraction of sp³-hybridized carbons (Fsp3) is 0.300. The van der Waals surface area contributed by atoms with Gasteiger partial charge in [0.05, 0.1) is 10.0 Å². The van der Waals surface area contributed by atoms with Crippen molar-refractivity contribution in [2.45, 2.75) is 18.4 Å². The average molecular weight is 486 g/mol. The molecule has 1 saturated heterocycles. The summed E-state index contributed by atoms with van der Waals surface area (Å²) in [5.41, 5.74) is 1.44. The van der Waals surface area contributed by atoms with Gasteiger partial charge in [-0.15, -0.1) is 0 Å². The molecule has 5 nitrogen and oxygen atoms in total. The summed E-state index contributed by atoms with van der Waals surface area (Å²) in [6.45, 7) is 0.658. The number of piperidine rings is 1. The summed E-state index contributed by atoms with van der Waals surface area (Å²) in [5, 5.41) is 10.3. The lowest BCUT2D eigenvalue weighted by Gasteiger charge is -2.42. The first kappa shape index (κ1) is 21.0. The molecule has 1 N–H and O–H groups in total. The first-order valence-electron chi connectivity index (χ1n) is 8.73. The van der Waals surface area contributed by atoms with E-state index in [9.17, 15) is 14.7 Å². The topological polar surface area (TPSA) is 60.9 Å². The summed E-state index contributed by atoms with van der Waals surface area (Å²) in [6.07, 6.45) is -0.430. The summed E-state index contributed by atoms with van der Waals surface area (Å²) in [6, 6.07) is 12.3. The van der Waals surface area contributed by atoms with E-state index >= 15 is 0 Å². The zero-order valence-electron chi connectivity index (χ0n) is 15.1. The lowest BCUT2D eigenvalue weighted by molar-refractivity contribution is 0.0591. The maximum Gasteiger partial charge on any atom is 0.407 e. The van der Waals surface area contributed by atoms with Crippen LogP contribution in [0, 0.1) is 0 Å². The molecule has 1 heterocycles. The Morgan fingerprint density at radius 1 is 1.14 bits per heavy atom. The third-order valence-electron chi connectivity index (χ3n) is 5.13. The van der Waals surface area contributed by atoms with Gasteiger partial charge in [-0.3, -0.25) is 4.79 Å². The van der Waals surface area contributed by atoms with Crippen LogP contribution in [-0.2, 0) is 0 Å². The van der Waals surface area contributed by atoms with Crippen molar-refractivity contribution in [3.05, 3.63) is 68.1 Å². The van der Waals surface area contributed by atoms with Gasteiger partial charge in [-0.25, -0.2) is 4.79 Å². The van der Waals surface area contributed by atoms with Crippen molar-refractivity contribution >= 4 is 51.1 Å². The monoisotopic (exact) mass is 484 g/mol. The number of carboxylic acid groups (broad SMARTS) is 1. The van der Waals surface area contributed by atoms with Crippen molar-refractivity contribution in [2.24, 2.45) is 0 Å². The molecule has 2 aromatic carbocycles. The molecule has 1 fully saturated rings. The van der Waals surface area contributed by atoms with E-state index in [1.54, 1.807) is 36.2 Å². The Kier molecular flexibility index (Phi) is 6.53. The van der Waals surface area contributed by atoms with Crippen molar-refractivity contribution in [1.82, 2.24) is 9.80 Å². The average Bonchev–Trinajstić information content (AvgIpc) is 2.69. The number of likely N-dealkylation sites (N-methyl/N-ethyl adjacent to an activating group) is 1. The fourth-order valence-corrected chi connectivity index (χ4v) is 4.17. The van der Waals surface area contributed by atoms with Gasteiger partial charge < -0.3 is 14.9 Å². The molecule has 2 amide bonds. The van der Waals surface area contributed by atoms with Crippen LogP contribution in [0.3, 0.4) is 0 Å². The molecule has 0 aromatic heterocycles. The normalized spacial score (nSPS) is 19.4. The Bertz CT molecular complexity index is 892. The molecule has 148 valence electrons. The standard InChI is InChI=1S/C20H19BrCl2N2O3/c1-24(19(26)12-2-5-14(21)6-3-12)18-8-9-25(20(27)28)11-15(18)13-4-7-16(22)17(23)10-13/h2-7,10,15,18H,8-9,11H2,1H3,(H,27,28). The number of rotatable bonds is 3. The zero-order valence-corrected chi connectivity index (χ0v) is 18.2. The molecule has 0 aliphatic carbocycles. The van der Waals surface area contributed by atoms with Gasteiger partial charge in [0.25, 0.3) is 5.91 Å². The second kappa shape index (κ2) is 8.72. The highest BCUT2D eigenvalue weighted by Crippen LogP contribution is 2.34. The second-order valence-electron chi connectivity index (χ2n) is 6.79. The molecule has 0 saturated carbocycles. The lowest BCUT2D eigenvalue weighted by atomic mass is 9.85. The molecule has 2 atom stereocenters. The number of benzene rings is 2. The highest BCUT2D eigenvalue weighted by Gasteiger charge is 2.36. The Labute approximate surface area is 182 Å². The fourth-order valence-electron chi connectivity index (χ4n) is 3.59. The minimum Gasteiger partial charge on any atom is -0.465 e. The third-order valence-corrected chi connectivity index (χ3v) is 6.40. The minimum atomic E-state index is -0.967. The maximum absolute atomic E-state index is 13.0. The molecule has 8 heteroatoms. The summed E-state index contributed by atoms with van der Waals surface area (Å²) in [4.78, 5) is 27.6. The van der Waals surface area contributed by atoms with Crippen molar-refractivity contribution < 1.29 is 14.7 Å². The summed E-state index contributed by atoms with van der Waals surface area (Å²) in [7, 11) is 1.76. The van der Waals surface area contributed by atoms with E-state index in [4.69, 9.17) is 23.2 Å². The summed E-state index contributed by atoms with van der Waals surface area (Å²) < 4.78 is 0.898. The van der Waals surface area contributed by atoms with Gasteiger partial charge in [-0.1, -0.05) is 45.2 Å². The molecule has 3 rings (SSSR count). The third kappa shape index (κ3) is 4.45. The molecule has 1 aliphatic heterocycles. The number of halogens is 3. The van der Waals surface area contributed by atoms with Crippen LogP contribution in [0.25, 0.3) is 0 Å². The van der Waals surface area contributed by atoms with Gasteiger partial charge in [0, 0.05) is 42.1 Å².